The third-order valence-corrected chi connectivity index (χ3v) is 3.28. The first-order chi connectivity index (χ1) is 8.76. The molecule has 0 atom stereocenters. The summed E-state index contributed by atoms with van der Waals surface area (Å²) < 4.78 is 0. The topological polar surface area (TPSA) is 12.0 Å². The third kappa shape index (κ3) is 4.46. The molecule has 98 valence electrons. The smallest absolute Gasteiger partial charge is 0.0522 e. The Balaban J connectivity index is 0.00000137. The molecule has 1 N–H and O–H groups in total. The molecule has 0 fully saturated rings. The molecule has 0 aromatic rings. The summed E-state index contributed by atoms with van der Waals surface area (Å²) in [5.41, 5.74) is 2.21. The van der Waals surface area contributed by atoms with E-state index in [1.807, 2.05) is 45.9 Å². The van der Waals surface area contributed by atoms with Gasteiger partial charge < -0.3 is 5.32 Å². The van der Waals surface area contributed by atoms with Crippen molar-refractivity contribution in [2.75, 3.05) is 0 Å². The Morgan fingerprint density at radius 1 is 1.17 bits per heavy atom. The average Bonchev–Trinajstić information content (AvgIpc) is 2.42. The molecule has 0 unspecified atom stereocenters. The molecule has 1 nitrogen and oxygen atoms in total. The first-order valence-electron chi connectivity index (χ1n) is 6.20. The lowest BCUT2D eigenvalue weighted by Gasteiger charge is -2.22. The molecule has 0 amide bonds. The van der Waals surface area contributed by atoms with Crippen LogP contribution < -0.4 is 5.32 Å². The van der Waals surface area contributed by atoms with Crippen molar-refractivity contribution < 1.29 is 0 Å². The Morgan fingerprint density at radius 3 is 2.28 bits per heavy atom. The molecule has 2 heteroatoms. The molecule has 1 aliphatic rings. The van der Waals surface area contributed by atoms with Gasteiger partial charge in [0.25, 0.3) is 0 Å². The van der Waals surface area contributed by atoms with Crippen molar-refractivity contribution in [3.63, 3.8) is 0 Å². The van der Waals surface area contributed by atoms with Crippen LogP contribution in [0.15, 0.2) is 70.8 Å². The van der Waals surface area contributed by atoms with Crippen LogP contribution >= 0.6 is 11.8 Å². The summed E-state index contributed by atoms with van der Waals surface area (Å²) in [6.45, 7) is 15.6. The fraction of sp³-hybridized carbons (Fsp3) is 0.250. The van der Waals surface area contributed by atoms with E-state index in [9.17, 15) is 0 Å². The molecule has 1 rings (SSSR count). The number of hydrogen-bond donors (Lipinski definition) is 1. The quantitative estimate of drug-likeness (QED) is 0.740. The van der Waals surface area contributed by atoms with E-state index in [0.29, 0.717) is 0 Å². The summed E-state index contributed by atoms with van der Waals surface area (Å²) in [6, 6.07) is 0. The van der Waals surface area contributed by atoms with Gasteiger partial charge in [-0.2, -0.15) is 0 Å². The van der Waals surface area contributed by atoms with Gasteiger partial charge in [-0.05, 0) is 26.0 Å². The minimum Gasteiger partial charge on any atom is -0.354 e. The molecule has 0 saturated heterocycles. The zero-order valence-electron chi connectivity index (χ0n) is 11.8. The van der Waals surface area contributed by atoms with Crippen LogP contribution in [0.2, 0.25) is 0 Å². The molecule has 0 saturated carbocycles. The van der Waals surface area contributed by atoms with E-state index >= 15 is 0 Å². The maximum atomic E-state index is 3.84. The number of nitrogens with one attached hydrogen (secondary N) is 1. The summed E-state index contributed by atoms with van der Waals surface area (Å²) in [6.07, 6.45) is 11.8. The van der Waals surface area contributed by atoms with Crippen LogP contribution in [0.5, 0.6) is 0 Å². The van der Waals surface area contributed by atoms with E-state index in [0.717, 1.165) is 16.3 Å². The van der Waals surface area contributed by atoms with Crippen molar-refractivity contribution >= 4 is 11.8 Å². The second-order valence-corrected chi connectivity index (χ2v) is 4.26. The van der Waals surface area contributed by atoms with Crippen LogP contribution in [0.1, 0.15) is 27.7 Å². The molecule has 1 aliphatic heterocycles. The Morgan fingerprint density at radius 2 is 1.83 bits per heavy atom. The van der Waals surface area contributed by atoms with Gasteiger partial charge in [-0.25, -0.2) is 0 Å². The second-order valence-electron chi connectivity index (χ2n) is 3.18. The van der Waals surface area contributed by atoms with Crippen molar-refractivity contribution in [1.82, 2.24) is 5.32 Å². The van der Waals surface area contributed by atoms with Crippen LogP contribution in [-0.4, -0.2) is 0 Å². The molecule has 0 aromatic carbocycles. The maximum absolute atomic E-state index is 3.84. The zero-order chi connectivity index (χ0) is 14.0. The summed E-state index contributed by atoms with van der Waals surface area (Å²) in [7, 11) is 0. The highest BCUT2D eigenvalue weighted by Gasteiger charge is 2.16. The SMILES string of the molecule is C=C/C=C1/SC(C=C)=C(/C=C\C)N/C1=C/C.CC. The largest absolute Gasteiger partial charge is 0.354 e. The van der Waals surface area contributed by atoms with E-state index < -0.39 is 0 Å². The summed E-state index contributed by atoms with van der Waals surface area (Å²) >= 11 is 1.71. The minimum absolute atomic E-state index is 1.09. The monoisotopic (exact) mass is 261 g/mol. The van der Waals surface area contributed by atoms with Crippen LogP contribution in [0.25, 0.3) is 0 Å². The third-order valence-electron chi connectivity index (χ3n) is 2.10. The van der Waals surface area contributed by atoms with E-state index in [1.165, 1.54) is 4.91 Å². The highest BCUT2D eigenvalue weighted by molar-refractivity contribution is 8.07. The van der Waals surface area contributed by atoms with Gasteiger partial charge >= 0.3 is 0 Å². The molecule has 0 aromatic heterocycles. The van der Waals surface area contributed by atoms with Gasteiger partial charge in [0, 0.05) is 15.5 Å². The average molecular weight is 261 g/mol. The van der Waals surface area contributed by atoms with Crippen molar-refractivity contribution in [2.24, 2.45) is 0 Å². The minimum atomic E-state index is 1.09. The Kier molecular flexibility index (Phi) is 8.85. The normalized spacial score (nSPS) is 19.6. The fourth-order valence-electron chi connectivity index (χ4n) is 1.38. The van der Waals surface area contributed by atoms with Crippen LogP contribution in [0.3, 0.4) is 0 Å². The predicted octanol–water partition coefficient (Wildman–Crippen LogP) is 5.30. The van der Waals surface area contributed by atoms with Crippen LogP contribution in [0, 0.1) is 0 Å². The predicted molar refractivity (Wildman–Crippen MR) is 86.1 cm³/mol. The van der Waals surface area contributed by atoms with Crippen molar-refractivity contribution in [3.8, 4) is 0 Å². The number of allylic oxidation sites excluding steroid dienone is 6. The number of rotatable bonds is 3. The van der Waals surface area contributed by atoms with Crippen LogP contribution in [-0.2, 0) is 0 Å². The lowest BCUT2D eigenvalue weighted by atomic mass is 10.2. The zero-order valence-corrected chi connectivity index (χ0v) is 12.6. The lowest BCUT2D eigenvalue weighted by Crippen LogP contribution is -2.17. The fourth-order valence-corrected chi connectivity index (χ4v) is 2.38. The first-order valence-corrected chi connectivity index (χ1v) is 7.02. The first kappa shape index (κ1) is 16.6. The Hall–Kier alpha value is -1.41. The van der Waals surface area contributed by atoms with E-state index in [-0.39, 0.29) is 0 Å². The van der Waals surface area contributed by atoms with Crippen molar-refractivity contribution in [3.05, 3.63) is 70.8 Å². The summed E-state index contributed by atoms with van der Waals surface area (Å²) in [4.78, 5) is 2.30. The second kappa shape index (κ2) is 9.60. The maximum Gasteiger partial charge on any atom is 0.0522 e. The molecule has 0 aliphatic carbocycles. The van der Waals surface area contributed by atoms with Gasteiger partial charge in [-0.1, -0.05) is 63.1 Å². The highest BCUT2D eigenvalue weighted by Crippen LogP contribution is 2.37. The molecule has 0 spiro atoms. The number of thioether (sulfide) groups is 1. The highest BCUT2D eigenvalue weighted by atomic mass is 32.2. The molecule has 1 heterocycles. The molecular weight excluding hydrogens is 238 g/mol. The van der Waals surface area contributed by atoms with E-state index in [1.54, 1.807) is 17.8 Å². The molecule has 18 heavy (non-hydrogen) atoms. The van der Waals surface area contributed by atoms with Gasteiger partial charge in [-0.3, -0.25) is 0 Å². The standard InChI is InChI=1S/C14H17NS.C2H6/c1-5-9-12-13(8-4)16-14(10-6-2)11(7-3)15-12;1-2/h5-10,15H,2,4H2,1,3H3;1-2H3/b9-5-,11-7+,14-10+;. The Bertz CT molecular complexity index is 409. The van der Waals surface area contributed by atoms with Gasteiger partial charge in [0.15, 0.2) is 0 Å². The van der Waals surface area contributed by atoms with Crippen LogP contribution in [0.4, 0.5) is 0 Å². The van der Waals surface area contributed by atoms with Crippen molar-refractivity contribution in [1.29, 1.82) is 0 Å². The molecular formula is C16H23NS. The Labute approximate surface area is 116 Å². The molecule has 0 bridgehead atoms. The van der Waals surface area contributed by atoms with Crippen molar-refractivity contribution in [2.45, 2.75) is 27.7 Å². The van der Waals surface area contributed by atoms with Gasteiger partial charge in [0.2, 0.25) is 0 Å². The van der Waals surface area contributed by atoms with E-state index in [2.05, 4.69) is 30.6 Å². The van der Waals surface area contributed by atoms with Gasteiger partial charge in [0.1, 0.15) is 0 Å². The van der Waals surface area contributed by atoms with Gasteiger partial charge in [0.05, 0.1) is 5.70 Å². The summed E-state index contributed by atoms with van der Waals surface area (Å²) in [5.74, 6) is 0. The number of hydrogen-bond acceptors (Lipinski definition) is 2. The molecule has 0 radical (unpaired) electrons. The van der Waals surface area contributed by atoms with E-state index in [4.69, 9.17) is 0 Å². The summed E-state index contributed by atoms with van der Waals surface area (Å²) in [5, 5.41) is 3.39. The van der Waals surface area contributed by atoms with Gasteiger partial charge in [-0.15, -0.1) is 0 Å². The lowest BCUT2D eigenvalue weighted by molar-refractivity contribution is 1.02.